The van der Waals surface area contributed by atoms with Crippen molar-refractivity contribution in [1.29, 1.82) is 0 Å². The van der Waals surface area contributed by atoms with Gasteiger partial charge >= 0.3 is 0 Å². The van der Waals surface area contributed by atoms with Crippen LogP contribution in [0.5, 0.6) is 0 Å². The van der Waals surface area contributed by atoms with Gasteiger partial charge in [0.15, 0.2) is 0 Å². The van der Waals surface area contributed by atoms with Crippen molar-refractivity contribution in [3.05, 3.63) is 200 Å². The number of hydrogen-bond donors (Lipinski definition) is 0. The second kappa shape index (κ2) is 12.4. The van der Waals surface area contributed by atoms with Gasteiger partial charge in [-0.25, -0.2) is 0 Å². The molecule has 11 aromatic rings. The molecule has 0 radical (unpaired) electrons. The van der Waals surface area contributed by atoms with Gasteiger partial charge in [-0.15, -0.1) is 11.3 Å². The van der Waals surface area contributed by atoms with Crippen molar-refractivity contribution in [3.63, 3.8) is 0 Å². The van der Waals surface area contributed by atoms with Crippen molar-refractivity contribution in [2.24, 2.45) is 0 Å². The molecule has 0 aliphatic rings. The van der Waals surface area contributed by atoms with Gasteiger partial charge in [-0.2, -0.15) is 0 Å². The molecule has 0 bridgehead atoms. The average molecular weight is 704 g/mol. The maximum atomic E-state index is 2.43. The number of rotatable bonds is 5. The molecule has 2 heteroatoms. The molecule has 0 aliphatic heterocycles. The van der Waals surface area contributed by atoms with Crippen LogP contribution in [0.15, 0.2) is 200 Å². The molecule has 1 nitrogen and oxygen atoms in total. The zero-order chi connectivity index (χ0) is 35.6. The van der Waals surface area contributed by atoms with Gasteiger partial charge in [0.2, 0.25) is 0 Å². The summed E-state index contributed by atoms with van der Waals surface area (Å²) < 4.78 is 2.61. The van der Waals surface area contributed by atoms with Crippen molar-refractivity contribution in [2.75, 3.05) is 4.90 Å². The molecule has 0 amide bonds. The van der Waals surface area contributed by atoms with E-state index in [0.29, 0.717) is 0 Å². The minimum absolute atomic E-state index is 1.11. The number of benzene rings is 10. The zero-order valence-corrected chi connectivity index (χ0v) is 30.2. The summed E-state index contributed by atoms with van der Waals surface area (Å²) in [5.74, 6) is 0. The highest BCUT2D eigenvalue weighted by atomic mass is 32.1. The molecular formula is C52H33NS. The standard InChI is InChI=1S/C52H33NS/c1-2-10-35(11-3-1)47-33-43(30-40-13-5-6-14-44(40)47)53(42-28-29-51-49(32-42)46-16-8-9-17-50(46)54-51)41-26-24-34(25-27-41)39-23-20-37-19-22-38-21-18-36-12-4-7-15-45(36)52(38)48(37)31-39/h1-33H. The van der Waals surface area contributed by atoms with E-state index in [-0.39, 0.29) is 0 Å². The smallest absolute Gasteiger partial charge is 0.0474 e. The average Bonchev–Trinajstić information content (AvgIpc) is 3.62. The maximum Gasteiger partial charge on any atom is 0.0474 e. The summed E-state index contributed by atoms with van der Waals surface area (Å²) in [5, 5.41) is 12.7. The van der Waals surface area contributed by atoms with Crippen molar-refractivity contribution >= 4 is 91.7 Å². The van der Waals surface area contributed by atoms with Gasteiger partial charge in [-0.3, -0.25) is 0 Å². The third-order valence-electron chi connectivity index (χ3n) is 11.0. The topological polar surface area (TPSA) is 3.24 Å². The van der Waals surface area contributed by atoms with Crippen LogP contribution in [0.3, 0.4) is 0 Å². The van der Waals surface area contributed by atoms with E-state index in [1.54, 1.807) is 0 Å². The third kappa shape index (κ3) is 5.07. The predicted octanol–water partition coefficient (Wildman–Crippen LogP) is 15.5. The van der Waals surface area contributed by atoms with E-state index >= 15 is 0 Å². The molecule has 0 spiro atoms. The summed E-state index contributed by atoms with van der Waals surface area (Å²) in [6, 6.07) is 73.6. The largest absolute Gasteiger partial charge is 0.310 e. The van der Waals surface area contributed by atoms with Crippen LogP contribution >= 0.6 is 11.3 Å². The van der Waals surface area contributed by atoms with E-state index < -0.39 is 0 Å². The molecule has 1 aromatic heterocycles. The predicted molar refractivity (Wildman–Crippen MR) is 235 cm³/mol. The second-order valence-electron chi connectivity index (χ2n) is 14.1. The van der Waals surface area contributed by atoms with Crippen LogP contribution in [-0.2, 0) is 0 Å². The molecular weight excluding hydrogens is 671 g/mol. The van der Waals surface area contributed by atoms with Crippen molar-refractivity contribution in [1.82, 2.24) is 0 Å². The number of hydrogen-bond acceptors (Lipinski definition) is 2. The Labute approximate surface area is 317 Å². The summed E-state index contributed by atoms with van der Waals surface area (Å²) >= 11 is 1.86. The van der Waals surface area contributed by atoms with Crippen LogP contribution < -0.4 is 4.90 Å². The third-order valence-corrected chi connectivity index (χ3v) is 12.1. The van der Waals surface area contributed by atoms with Gasteiger partial charge in [-0.1, -0.05) is 146 Å². The fourth-order valence-electron chi connectivity index (χ4n) is 8.39. The first kappa shape index (κ1) is 30.8. The lowest BCUT2D eigenvalue weighted by atomic mass is 9.94. The summed E-state index contributed by atoms with van der Waals surface area (Å²) in [5.41, 5.74) is 8.22. The van der Waals surface area contributed by atoms with E-state index in [2.05, 4.69) is 205 Å². The molecule has 54 heavy (non-hydrogen) atoms. The van der Waals surface area contributed by atoms with E-state index in [0.717, 1.165) is 17.1 Å². The lowest BCUT2D eigenvalue weighted by molar-refractivity contribution is 1.30. The number of fused-ring (bicyclic) bond motifs is 9. The lowest BCUT2D eigenvalue weighted by Crippen LogP contribution is -2.10. The number of anilines is 3. The van der Waals surface area contributed by atoms with Gasteiger partial charge in [0.25, 0.3) is 0 Å². The second-order valence-corrected chi connectivity index (χ2v) is 15.2. The number of thiophene rings is 1. The molecule has 0 aliphatic carbocycles. The lowest BCUT2D eigenvalue weighted by Gasteiger charge is -2.27. The van der Waals surface area contributed by atoms with Crippen LogP contribution in [0, 0.1) is 0 Å². The van der Waals surface area contributed by atoms with E-state index in [1.165, 1.54) is 85.5 Å². The molecule has 0 saturated carbocycles. The van der Waals surface area contributed by atoms with Gasteiger partial charge in [0, 0.05) is 37.2 Å². The quantitative estimate of drug-likeness (QED) is 0.161. The summed E-state index contributed by atoms with van der Waals surface area (Å²) in [6.45, 7) is 0. The fraction of sp³-hybridized carbons (Fsp3) is 0. The van der Waals surface area contributed by atoms with Crippen molar-refractivity contribution < 1.29 is 0 Å². The SMILES string of the molecule is c1ccc(-c2cc(N(c3ccc(-c4ccc5ccc6ccc7ccccc7c6c5c4)cc3)c3ccc4sc5ccccc5c4c3)cc3ccccc23)cc1. The highest BCUT2D eigenvalue weighted by Gasteiger charge is 2.18. The van der Waals surface area contributed by atoms with Crippen molar-refractivity contribution in [3.8, 4) is 22.3 Å². The first-order valence-electron chi connectivity index (χ1n) is 18.5. The Kier molecular flexibility index (Phi) is 7.11. The number of nitrogens with zero attached hydrogens (tertiary/aromatic N) is 1. The Morgan fingerprint density at radius 1 is 0.296 bits per heavy atom. The molecule has 0 N–H and O–H groups in total. The van der Waals surface area contributed by atoms with Gasteiger partial charge in [-0.05, 0) is 120 Å². The minimum atomic E-state index is 1.11. The van der Waals surface area contributed by atoms with Gasteiger partial charge < -0.3 is 4.90 Å². The Morgan fingerprint density at radius 2 is 0.907 bits per heavy atom. The Hall–Kier alpha value is -6.74. The molecule has 0 unspecified atom stereocenters. The molecule has 0 saturated heterocycles. The molecule has 11 rings (SSSR count). The maximum absolute atomic E-state index is 2.43. The van der Waals surface area contributed by atoms with Crippen LogP contribution in [0.25, 0.3) is 85.5 Å². The van der Waals surface area contributed by atoms with Crippen molar-refractivity contribution in [2.45, 2.75) is 0 Å². The normalized spacial score (nSPS) is 11.7. The molecule has 0 atom stereocenters. The molecule has 1 heterocycles. The Balaban J connectivity index is 1.09. The molecule has 0 fully saturated rings. The van der Waals surface area contributed by atoms with Crippen LogP contribution in [0.4, 0.5) is 17.1 Å². The Bertz CT molecular complexity index is 3210. The fourth-order valence-corrected chi connectivity index (χ4v) is 9.48. The van der Waals surface area contributed by atoms with Crippen LogP contribution in [0.2, 0.25) is 0 Å². The van der Waals surface area contributed by atoms with Gasteiger partial charge in [0.1, 0.15) is 0 Å². The van der Waals surface area contributed by atoms with Crippen LogP contribution in [-0.4, -0.2) is 0 Å². The monoisotopic (exact) mass is 703 g/mol. The van der Waals surface area contributed by atoms with E-state index in [1.807, 2.05) is 11.3 Å². The van der Waals surface area contributed by atoms with E-state index in [4.69, 9.17) is 0 Å². The summed E-state index contributed by atoms with van der Waals surface area (Å²) in [4.78, 5) is 2.43. The molecule has 252 valence electrons. The highest BCUT2D eigenvalue weighted by Crippen LogP contribution is 2.44. The van der Waals surface area contributed by atoms with E-state index in [9.17, 15) is 0 Å². The highest BCUT2D eigenvalue weighted by molar-refractivity contribution is 7.25. The first-order valence-corrected chi connectivity index (χ1v) is 19.3. The molecule has 10 aromatic carbocycles. The van der Waals surface area contributed by atoms with Gasteiger partial charge in [0.05, 0.1) is 0 Å². The Morgan fingerprint density at radius 3 is 1.74 bits per heavy atom. The minimum Gasteiger partial charge on any atom is -0.310 e. The zero-order valence-electron chi connectivity index (χ0n) is 29.4. The first-order chi connectivity index (χ1) is 26.7. The van der Waals surface area contributed by atoms with Crippen LogP contribution in [0.1, 0.15) is 0 Å². The summed E-state index contributed by atoms with van der Waals surface area (Å²) in [6.07, 6.45) is 0. The summed E-state index contributed by atoms with van der Waals surface area (Å²) in [7, 11) is 0.